The van der Waals surface area contributed by atoms with Gasteiger partial charge in [0.2, 0.25) is 0 Å². The van der Waals surface area contributed by atoms with Crippen LogP contribution in [0, 0.1) is 12.7 Å². The van der Waals surface area contributed by atoms with Crippen LogP contribution in [0.25, 0.3) is 0 Å². The van der Waals surface area contributed by atoms with E-state index in [2.05, 4.69) is 5.32 Å². The summed E-state index contributed by atoms with van der Waals surface area (Å²) >= 11 is 5.68. The smallest absolute Gasteiger partial charge is 0.143 e. The highest BCUT2D eigenvalue weighted by Gasteiger charge is 2.11. The van der Waals surface area contributed by atoms with Crippen LogP contribution in [0.4, 0.5) is 15.8 Å². The lowest BCUT2D eigenvalue weighted by Gasteiger charge is -2.19. The van der Waals surface area contributed by atoms with E-state index in [1.807, 2.05) is 38.1 Å². The van der Waals surface area contributed by atoms with Crippen molar-refractivity contribution in [3.05, 3.63) is 58.4 Å². The number of rotatable bonds is 3. The molecule has 0 aliphatic carbocycles. The first-order valence-electron chi connectivity index (χ1n) is 6.05. The number of aryl methyl sites for hydroxylation is 1. The molecule has 1 unspecified atom stereocenters. The van der Waals surface area contributed by atoms with Gasteiger partial charge in [-0.1, -0.05) is 35.9 Å². The molecular formula is C15H16ClFN2. The number of nitrogen functional groups attached to an aromatic ring is 1. The van der Waals surface area contributed by atoms with Gasteiger partial charge in [-0.2, -0.15) is 0 Å². The third-order valence-electron chi connectivity index (χ3n) is 3.12. The van der Waals surface area contributed by atoms with E-state index in [1.165, 1.54) is 17.7 Å². The average Bonchev–Trinajstić information content (AvgIpc) is 2.36. The molecule has 100 valence electrons. The van der Waals surface area contributed by atoms with Gasteiger partial charge in [0.15, 0.2) is 0 Å². The molecule has 2 aromatic rings. The topological polar surface area (TPSA) is 38.0 Å². The molecule has 0 radical (unpaired) electrons. The van der Waals surface area contributed by atoms with Gasteiger partial charge in [0.1, 0.15) is 5.82 Å². The molecule has 0 aromatic heterocycles. The number of nitrogens with one attached hydrogen (secondary N) is 1. The van der Waals surface area contributed by atoms with E-state index in [0.717, 1.165) is 5.56 Å². The second kappa shape index (κ2) is 5.49. The molecule has 2 rings (SSSR count). The summed E-state index contributed by atoms with van der Waals surface area (Å²) in [6.07, 6.45) is 0. The quantitative estimate of drug-likeness (QED) is 0.809. The molecule has 1 atom stereocenters. The Labute approximate surface area is 117 Å². The minimum Gasteiger partial charge on any atom is -0.397 e. The van der Waals surface area contributed by atoms with Gasteiger partial charge in [-0.25, -0.2) is 4.39 Å². The monoisotopic (exact) mass is 278 g/mol. The molecule has 3 N–H and O–H groups in total. The van der Waals surface area contributed by atoms with Crippen LogP contribution in [0.1, 0.15) is 24.1 Å². The van der Waals surface area contributed by atoms with E-state index in [4.69, 9.17) is 17.3 Å². The molecule has 0 heterocycles. The van der Waals surface area contributed by atoms with Crippen LogP contribution in [-0.4, -0.2) is 0 Å². The molecule has 2 nitrogen and oxygen atoms in total. The van der Waals surface area contributed by atoms with Gasteiger partial charge in [0, 0.05) is 12.1 Å². The van der Waals surface area contributed by atoms with Gasteiger partial charge in [-0.3, -0.25) is 0 Å². The van der Waals surface area contributed by atoms with E-state index < -0.39 is 5.82 Å². The van der Waals surface area contributed by atoms with Crippen molar-refractivity contribution in [2.24, 2.45) is 0 Å². The van der Waals surface area contributed by atoms with Crippen LogP contribution >= 0.6 is 11.6 Å². The summed E-state index contributed by atoms with van der Waals surface area (Å²) in [7, 11) is 0. The third kappa shape index (κ3) is 2.99. The van der Waals surface area contributed by atoms with E-state index in [-0.39, 0.29) is 11.1 Å². The van der Waals surface area contributed by atoms with Crippen molar-refractivity contribution in [3.63, 3.8) is 0 Å². The number of halogens is 2. The Balaban J connectivity index is 2.27. The Kier molecular flexibility index (Phi) is 3.96. The van der Waals surface area contributed by atoms with Gasteiger partial charge in [0.25, 0.3) is 0 Å². The zero-order chi connectivity index (χ0) is 14.0. The normalized spacial score (nSPS) is 12.2. The van der Waals surface area contributed by atoms with E-state index >= 15 is 0 Å². The summed E-state index contributed by atoms with van der Waals surface area (Å²) < 4.78 is 13.5. The van der Waals surface area contributed by atoms with Crippen molar-refractivity contribution < 1.29 is 4.39 Å². The molecule has 4 heteroatoms. The minimum atomic E-state index is -0.477. The predicted molar refractivity (Wildman–Crippen MR) is 79.0 cm³/mol. The first-order valence-corrected chi connectivity index (χ1v) is 6.43. The van der Waals surface area contributed by atoms with E-state index in [1.54, 1.807) is 0 Å². The van der Waals surface area contributed by atoms with Crippen molar-refractivity contribution in [3.8, 4) is 0 Å². The molecule has 0 aliphatic rings. The fourth-order valence-electron chi connectivity index (χ4n) is 2.07. The van der Waals surface area contributed by atoms with Crippen molar-refractivity contribution >= 4 is 23.0 Å². The Morgan fingerprint density at radius 2 is 1.95 bits per heavy atom. The molecule has 0 bridgehead atoms. The van der Waals surface area contributed by atoms with Gasteiger partial charge in [0.05, 0.1) is 16.4 Å². The molecule has 0 fully saturated rings. The van der Waals surface area contributed by atoms with Crippen LogP contribution in [0.2, 0.25) is 5.02 Å². The maximum Gasteiger partial charge on any atom is 0.143 e. The lowest BCUT2D eigenvalue weighted by atomic mass is 10.0. The molecule has 2 aromatic carbocycles. The summed E-state index contributed by atoms with van der Waals surface area (Å²) in [5.74, 6) is -0.477. The fourth-order valence-corrected chi connectivity index (χ4v) is 2.24. The van der Waals surface area contributed by atoms with E-state index in [9.17, 15) is 4.39 Å². The van der Waals surface area contributed by atoms with Gasteiger partial charge >= 0.3 is 0 Å². The van der Waals surface area contributed by atoms with Crippen LogP contribution in [0.5, 0.6) is 0 Å². The lowest BCUT2D eigenvalue weighted by molar-refractivity contribution is 0.628. The van der Waals surface area contributed by atoms with E-state index in [0.29, 0.717) is 11.4 Å². The fraction of sp³-hybridized carbons (Fsp3) is 0.200. The average molecular weight is 279 g/mol. The molecule has 19 heavy (non-hydrogen) atoms. The Hall–Kier alpha value is -1.74. The summed E-state index contributed by atoms with van der Waals surface area (Å²) in [5.41, 5.74) is 9.16. The number of nitrogens with two attached hydrogens (primary N) is 1. The minimum absolute atomic E-state index is 0.0316. The van der Waals surface area contributed by atoms with Crippen LogP contribution < -0.4 is 11.1 Å². The maximum atomic E-state index is 13.5. The van der Waals surface area contributed by atoms with Gasteiger partial charge in [-0.05, 0) is 31.0 Å². The first kappa shape index (κ1) is 13.7. The third-order valence-corrected chi connectivity index (χ3v) is 3.41. The zero-order valence-electron chi connectivity index (χ0n) is 10.9. The van der Waals surface area contributed by atoms with Crippen molar-refractivity contribution in [1.82, 2.24) is 0 Å². The van der Waals surface area contributed by atoms with Gasteiger partial charge < -0.3 is 11.1 Å². The van der Waals surface area contributed by atoms with Gasteiger partial charge in [-0.15, -0.1) is 0 Å². The summed E-state index contributed by atoms with van der Waals surface area (Å²) in [5, 5.41) is 3.25. The Morgan fingerprint density at radius 3 is 2.63 bits per heavy atom. The highest BCUT2D eigenvalue weighted by molar-refractivity contribution is 6.31. The number of anilines is 2. The standard InChI is InChI=1S/C15H16ClFN2/c1-9-5-3-4-6-11(9)10(2)19-15-8-13(17)12(16)7-14(15)18/h3-8,10,19H,18H2,1-2H3. The van der Waals surface area contributed by atoms with Crippen molar-refractivity contribution in [2.75, 3.05) is 11.1 Å². The van der Waals surface area contributed by atoms with Crippen molar-refractivity contribution in [1.29, 1.82) is 0 Å². The van der Waals surface area contributed by atoms with Crippen LogP contribution in [-0.2, 0) is 0 Å². The zero-order valence-corrected chi connectivity index (χ0v) is 11.6. The molecule has 0 saturated heterocycles. The number of hydrogen-bond donors (Lipinski definition) is 2. The Bertz CT molecular complexity index is 599. The molecule has 0 spiro atoms. The second-order valence-corrected chi connectivity index (χ2v) is 4.98. The van der Waals surface area contributed by atoms with Crippen LogP contribution in [0.3, 0.4) is 0 Å². The van der Waals surface area contributed by atoms with Crippen LogP contribution in [0.15, 0.2) is 36.4 Å². The highest BCUT2D eigenvalue weighted by atomic mass is 35.5. The summed E-state index contributed by atoms with van der Waals surface area (Å²) in [4.78, 5) is 0. The predicted octanol–water partition coefficient (Wildman–Crippen LogP) is 4.54. The summed E-state index contributed by atoms with van der Waals surface area (Å²) in [6, 6.07) is 10.8. The second-order valence-electron chi connectivity index (χ2n) is 4.58. The van der Waals surface area contributed by atoms with Crippen molar-refractivity contribution in [2.45, 2.75) is 19.9 Å². The molecule has 0 saturated carbocycles. The largest absolute Gasteiger partial charge is 0.397 e. The highest BCUT2D eigenvalue weighted by Crippen LogP contribution is 2.29. The SMILES string of the molecule is Cc1ccccc1C(C)Nc1cc(F)c(Cl)cc1N. The Morgan fingerprint density at radius 1 is 1.26 bits per heavy atom. The molecule has 0 amide bonds. The maximum absolute atomic E-state index is 13.5. The first-order chi connectivity index (χ1) is 8.99. The molecular weight excluding hydrogens is 263 g/mol. The number of hydrogen-bond acceptors (Lipinski definition) is 2. The molecule has 0 aliphatic heterocycles. The lowest BCUT2D eigenvalue weighted by Crippen LogP contribution is -2.10. The summed E-state index contributed by atoms with van der Waals surface area (Å²) in [6.45, 7) is 4.05. The number of benzene rings is 2.